The first-order chi connectivity index (χ1) is 13.7. The lowest BCUT2D eigenvalue weighted by Gasteiger charge is -2.64. The fraction of sp³-hybridized carbons (Fsp3) is 0.346. The van der Waals surface area contributed by atoms with E-state index >= 15 is 0 Å². The minimum Gasteiger partial charge on any atom is -0.261 e. The topological polar surface area (TPSA) is 12.9 Å². The van der Waals surface area contributed by atoms with Gasteiger partial charge in [0.1, 0.15) is 0 Å². The summed E-state index contributed by atoms with van der Waals surface area (Å²) in [7, 11) is -0.432. The predicted molar refractivity (Wildman–Crippen MR) is 120 cm³/mol. The molecule has 142 valence electrons. The zero-order valence-electron chi connectivity index (χ0n) is 16.7. The zero-order valence-corrected chi connectivity index (χ0v) is 17.6. The highest BCUT2D eigenvalue weighted by Crippen LogP contribution is 2.69. The minimum atomic E-state index is -0.432. The molecule has 0 N–H and O–H groups in total. The number of aromatic nitrogens is 1. The van der Waals surface area contributed by atoms with E-state index in [0.717, 1.165) is 11.8 Å². The summed E-state index contributed by atoms with van der Waals surface area (Å²) in [6.45, 7) is 5.02. The number of rotatable bonds is 4. The summed E-state index contributed by atoms with van der Waals surface area (Å²) in [6.07, 6.45) is 4.65. The lowest BCUT2D eigenvalue weighted by molar-refractivity contribution is -0.0704. The van der Waals surface area contributed by atoms with Crippen molar-refractivity contribution < 1.29 is 0 Å². The number of benzene rings is 2. The van der Waals surface area contributed by atoms with E-state index in [1.165, 1.54) is 29.1 Å². The molecule has 0 saturated heterocycles. The van der Waals surface area contributed by atoms with E-state index in [2.05, 4.69) is 86.6 Å². The van der Waals surface area contributed by atoms with Crippen molar-refractivity contribution in [2.45, 2.75) is 38.3 Å². The third kappa shape index (κ3) is 2.92. The number of pyridine rings is 1. The summed E-state index contributed by atoms with van der Waals surface area (Å²) in [6, 6.07) is 29.0. The van der Waals surface area contributed by atoms with Crippen LogP contribution in [-0.4, -0.2) is 10.6 Å². The van der Waals surface area contributed by atoms with Crippen molar-refractivity contribution in [3.8, 4) is 0 Å². The molecule has 2 aromatic carbocycles. The second-order valence-electron chi connectivity index (χ2n) is 8.99. The van der Waals surface area contributed by atoms with Crippen molar-refractivity contribution in [3.63, 3.8) is 0 Å². The molecule has 3 saturated carbocycles. The molecule has 0 amide bonds. The minimum absolute atomic E-state index is 0.432. The Bertz CT molecular complexity index is 883. The molecule has 0 spiro atoms. The first-order valence-electron chi connectivity index (χ1n) is 10.5. The van der Waals surface area contributed by atoms with Crippen LogP contribution in [0.25, 0.3) is 0 Å². The van der Waals surface area contributed by atoms with Gasteiger partial charge in [-0.2, -0.15) is 0 Å². The highest BCUT2D eigenvalue weighted by Gasteiger charge is 2.60. The molecule has 1 aromatic heterocycles. The Morgan fingerprint density at radius 1 is 0.786 bits per heavy atom. The average Bonchev–Trinajstić information content (AvgIpc) is 2.76. The number of hydrogen-bond donors (Lipinski definition) is 0. The van der Waals surface area contributed by atoms with Gasteiger partial charge in [0, 0.05) is 17.8 Å². The molecule has 2 bridgehead atoms. The molecular weight excluding hydrogens is 357 g/mol. The summed E-state index contributed by atoms with van der Waals surface area (Å²) >= 11 is 0. The maximum Gasteiger partial charge on any atom is 0.0441 e. The van der Waals surface area contributed by atoms with Gasteiger partial charge in [-0.15, -0.1) is 0 Å². The molecule has 3 fully saturated rings. The van der Waals surface area contributed by atoms with Crippen molar-refractivity contribution in [3.05, 3.63) is 90.8 Å². The normalized spacial score (nSPS) is 28.0. The molecular formula is C26H28NP. The molecule has 6 rings (SSSR count). The van der Waals surface area contributed by atoms with Crippen LogP contribution in [0.5, 0.6) is 0 Å². The van der Waals surface area contributed by atoms with Gasteiger partial charge in [0.05, 0.1) is 0 Å². The Morgan fingerprint density at radius 3 is 1.93 bits per heavy atom. The van der Waals surface area contributed by atoms with Crippen LogP contribution in [0, 0.1) is 17.3 Å². The first kappa shape index (κ1) is 18.1. The molecule has 0 radical (unpaired) electrons. The van der Waals surface area contributed by atoms with E-state index in [4.69, 9.17) is 4.98 Å². The Morgan fingerprint density at radius 2 is 1.39 bits per heavy atom. The van der Waals surface area contributed by atoms with Crippen LogP contribution in [0.3, 0.4) is 0 Å². The Labute approximate surface area is 170 Å². The zero-order chi connectivity index (χ0) is 19.1. The van der Waals surface area contributed by atoms with Crippen LogP contribution in [-0.2, 0) is 0 Å². The fourth-order valence-electron chi connectivity index (χ4n) is 5.68. The van der Waals surface area contributed by atoms with Crippen molar-refractivity contribution >= 4 is 18.5 Å². The maximum absolute atomic E-state index is 4.84. The molecule has 1 nitrogen and oxygen atoms in total. The fourth-order valence-corrected chi connectivity index (χ4v) is 9.16. The van der Waals surface area contributed by atoms with Crippen molar-refractivity contribution in [1.29, 1.82) is 0 Å². The summed E-state index contributed by atoms with van der Waals surface area (Å²) < 4.78 is 0. The van der Waals surface area contributed by atoms with E-state index in [1.54, 1.807) is 0 Å². The van der Waals surface area contributed by atoms with Crippen LogP contribution < -0.4 is 10.6 Å². The number of hydrogen-bond acceptors (Lipinski definition) is 1. The maximum atomic E-state index is 4.84. The molecule has 28 heavy (non-hydrogen) atoms. The summed E-state index contributed by atoms with van der Waals surface area (Å²) in [4.78, 5) is 4.84. The summed E-state index contributed by atoms with van der Waals surface area (Å²) in [5.74, 6) is 2.17. The molecule has 0 aliphatic heterocycles. The Balaban J connectivity index is 1.65. The summed E-state index contributed by atoms with van der Waals surface area (Å²) in [5.41, 5.74) is 2.40. The van der Waals surface area contributed by atoms with E-state index in [-0.39, 0.29) is 0 Å². The quantitative estimate of drug-likeness (QED) is 0.523. The van der Waals surface area contributed by atoms with Crippen molar-refractivity contribution in [1.82, 2.24) is 4.98 Å². The van der Waals surface area contributed by atoms with E-state index in [1.807, 2.05) is 12.3 Å². The first-order valence-corrected chi connectivity index (χ1v) is 11.9. The Kier molecular flexibility index (Phi) is 4.60. The van der Waals surface area contributed by atoms with E-state index in [9.17, 15) is 0 Å². The van der Waals surface area contributed by atoms with E-state index in [0.29, 0.717) is 17.0 Å². The van der Waals surface area contributed by atoms with Gasteiger partial charge < -0.3 is 0 Å². The van der Waals surface area contributed by atoms with Gasteiger partial charge in [-0.05, 0) is 66.4 Å². The SMILES string of the molecule is CC1(C)C2CC1[C@H](P(c1ccccc1)c1ccccc1)[C@@H](c1ccccn1)C2. The standard InChI is InChI=1S/C26H28NP/c1-26(2)19-17-22(24-15-9-10-16-27-24)25(23(26)18-19)28(20-11-5-3-6-12-20)21-13-7-4-8-14-21/h3-16,19,22-23,25H,17-18H2,1-2H3/t19?,22-,23?,25-/m1/s1. The smallest absolute Gasteiger partial charge is 0.0441 e. The lowest BCUT2D eigenvalue weighted by atomic mass is 9.46. The van der Waals surface area contributed by atoms with E-state index < -0.39 is 7.92 Å². The van der Waals surface area contributed by atoms with Gasteiger partial charge in [0.2, 0.25) is 0 Å². The molecule has 4 atom stereocenters. The van der Waals surface area contributed by atoms with Gasteiger partial charge in [-0.25, -0.2) is 0 Å². The third-order valence-corrected chi connectivity index (χ3v) is 10.4. The number of nitrogens with zero attached hydrogens (tertiary/aromatic N) is 1. The largest absolute Gasteiger partial charge is 0.261 e. The van der Waals surface area contributed by atoms with Crippen LogP contribution in [0.15, 0.2) is 85.1 Å². The molecule has 3 aliphatic carbocycles. The lowest BCUT2D eigenvalue weighted by Crippen LogP contribution is -2.58. The predicted octanol–water partition coefficient (Wildman–Crippen LogP) is 5.73. The van der Waals surface area contributed by atoms with Crippen molar-refractivity contribution in [2.24, 2.45) is 17.3 Å². The molecule has 3 aliphatic rings. The number of fused-ring (bicyclic) bond motifs is 2. The third-order valence-electron chi connectivity index (χ3n) is 7.34. The van der Waals surface area contributed by atoms with Gasteiger partial charge in [0.25, 0.3) is 0 Å². The molecule has 3 aromatic rings. The molecule has 2 heteroatoms. The second kappa shape index (κ2) is 7.12. The average molecular weight is 385 g/mol. The Hall–Kier alpha value is -1.98. The van der Waals surface area contributed by atoms with Gasteiger partial charge in [0.15, 0.2) is 0 Å². The van der Waals surface area contributed by atoms with Gasteiger partial charge in [-0.1, -0.05) is 80.6 Å². The highest BCUT2D eigenvalue weighted by atomic mass is 31.1. The van der Waals surface area contributed by atoms with Crippen LogP contribution in [0.1, 0.15) is 38.3 Å². The molecule has 2 unspecified atom stereocenters. The van der Waals surface area contributed by atoms with Gasteiger partial charge >= 0.3 is 0 Å². The monoisotopic (exact) mass is 385 g/mol. The van der Waals surface area contributed by atoms with Gasteiger partial charge in [-0.3, -0.25) is 4.98 Å². The van der Waals surface area contributed by atoms with Crippen LogP contribution in [0.2, 0.25) is 0 Å². The second-order valence-corrected chi connectivity index (χ2v) is 11.4. The summed E-state index contributed by atoms with van der Waals surface area (Å²) in [5, 5.41) is 3.02. The highest BCUT2D eigenvalue weighted by molar-refractivity contribution is 7.73. The van der Waals surface area contributed by atoms with Crippen LogP contribution in [0.4, 0.5) is 0 Å². The molecule has 1 heterocycles. The van der Waals surface area contributed by atoms with Crippen LogP contribution >= 0.6 is 7.92 Å². The van der Waals surface area contributed by atoms with Crippen molar-refractivity contribution in [2.75, 3.05) is 0 Å².